The molecule has 0 saturated carbocycles. The van der Waals surface area contributed by atoms with Gasteiger partial charge in [0, 0.05) is 12.7 Å². The van der Waals surface area contributed by atoms with E-state index in [1.165, 1.54) is 23.6 Å². The average molecular weight is 408 g/mol. The Bertz CT molecular complexity index is 563. The third-order valence-corrected chi connectivity index (χ3v) is 4.92. The van der Waals surface area contributed by atoms with Gasteiger partial charge in [-0.15, -0.1) is 11.8 Å². The van der Waals surface area contributed by atoms with E-state index in [2.05, 4.69) is 5.32 Å². The molecule has 0 aliphatic carbocycles. The quantitative estimate of drug-likeness (QED) is 0.438. The standard InChI is InChI=1S/C11H10Cl4N2O4S/c1-4(18)16-6-8(19)17-7(5(12)2-22-9(6)17)10(20)21-3-11(13,14)15/h6,9H,2-3H2,1H3,(H,16,18)/t6?,9-/m1/s1. The number of alkyl halides is 3. The van der Waals surface area contributed by atoms with Crippen LogP contribution < -0.4 is 5.32 Å². The molecular weight excluding hydrogens is 398 g/mol. The number of rotatable bonds is 3. The third kappa shape index (κ3) is 3.76. The van der Waals surface area contributed by atoms with Gasteiger partial charge in [-0.25, -0.2) is 4.79 Å². The largest absolute Gasteiger partial charge is 0.456 e. The second-order valence-corrected chi connectivity index (χ2v) is 8.61. The number of hydrogen-bond donors (Lipinski definition) is 1. The Kier molecular flexibility index (Phi) is 5.44. The highest BCUT2D eigenvalue weighted by atomic mass is 35.6. The minimum Gasteiger partial charge on any atom is -0.456 e. The first-order chi connectivity index (χ1) is 10.1. The van der Waals surface area contributed by atoms with E-state index < -0.39 is 33.7 Å². The molecule has 2 atom stereocenters. The maximum Gasteiger partial charge on any atom is 0.356 e. The number of esters is 1. The Morgan fingerprint density at radius 1 is 1.45 bits per heavy atom. The van der Waals surface area contributed by atoms with Crippen LogP contribution in [0.1, 0.15) is 6.92 Å². The van der Waals surface area contributed by atoms with Crippen molar-refractivity contribution in [3.8, 4) is 0 Å². The number of amides is 2. The molecule has 22 heavy (non-hydrogen) atoms. The van der Waals surface area contributed by atoms with Gasteiger partial charge in [-0.05, 0) is 0 Å². The van der Waals surface area contributed by atoms with E-state index >= 15 is 0 Å². The number of fused-ring (bicyclic) bond motifs is 1. The lowest BCUT2D eigenvalue weighted by atomic mass is 10.1. The lowest BCUT2D eigenvalue weighted by Crippen LogP contribution is -2.70. The lowest BCUT2D eigenvalue weighted by Gasteiger charge is -2.49. The van der Waals surface area contributed by atoms with E-state index in [1.54, 1.807) is 0 Å². The van der Waals surface area contributed by atoms with Crippen molar-refractivity contribution >= 4 is 75.9 Å². The van der Waals surface area contributed by atoms with Gasteiger partial charge in [-0.3, -0.25) is 14.5 Å². The molecule has 1 N–H and O–H groups in total. The molecule has 11 heteroatoms. The van der Waals surface area contributed by atoms with Crippen LogP contribution in [0.15, 0.2) is 10.7 Å². The molecule has 2 rings (SSSR count). The van der Waals surface area contributed by atoms with Crippen LogP contribution >= 0.6 is 58.2 Å². The fourth-order valence-corrected chi connectivity index (χ4v) is 3.72. The Morgan fingerprint density at radius 2 is 2.09 bits per heavy atom. The van der Waals surface area contributed by atoms with Crippen molar-refractivity contribution in [2.24, 2.45) is 0 Å². The molecule has 6 nitrogen and oxygen atoms in total. The number of ether oxygens (including phenoxy) is 1. The van der Waals surface area contributed by atoms with Crippen molar-refractivity contribution < 1.29 is 19.1 Å². The van der Waals surface area contributed by atoms with Crippen molar-refractivity contribution in [3.05, 3.63) is 10.7 Å². The van der Waals surface area contributed by atoms with Gasteiger partial charge in [-0.2, -0.15) is 0 Å². The average Bonchev–Trinajstić information content (AvgIpc) is 2.41. The molecule has 0 aromatic rings. The number of hydrogen-bond acceptors (Lipinski definition) is 5. The molecule has 1 fully saturated rings. The van der Waals surface area contributed by atoms with Gasteiger partial charge in [0.1, 0.15) is 23.7 Å². The number of halogens is 4. The Hall–Kier alpha value is -0.340. The van der Waals surface area contributed by atoms with Crippen LogP contribution in [0.4, 0.5) is 0 Å². The van der Waals surface area contributed by atoms with E-state index in [9.17, 15) is 14.4 Å². The van der Waals surface area contributed by atoms with Crippen LogP contribution in [-0.2, 0) is 19.1 Å². The number of carbonyl (C=O) groups is 3. The minimum atomic E-state index is -1.76. The van der Waals surface area contributed by atoms with Gasteiger partial charge in [-0.1, -0.05) is 46.4 Å². The zero-order chi connectivity index (χ0) is 16.7. The SMILES string of the molecule is CC(=O)NC1C(=O)N2C(C(=O)OCC(Cl)(Cl)Cl)=C(Cl)CS[C@H]12. The molecule has 0 spiro atoms. The highest BCUT2D eigenvalue weighted by Crippen LogP contribution is 2.41. The molecule has 0 radical (unpaired) electrons. The normalized spacial score (nSPS) is 24.6. The van der Waals surface area contributed by atoms with E-state index in [-0.39, 0.29) is 16.6 Å². The van der Waals surface area contributed by atoms with Crippen molar-refractivity contribution in [1.82, 2.24) is 10.2 Å². The third-order valence-electron chi connectivity index (χ3n) is 2.84. The highest BCUT2D eigenvalue weighted by molar-refractivity contribution is 8.00. The molecule has 0 bridgehead atoms. The monoisotopic (exact) mass is 406 g/mol. The Morgan fingerprint density at radius 3 is 2.64 bits per heavy atom. The van der Waals surface area contributed by atoms with Crippen LogP contribution in [0.3, 0.4) is 0 Å². The highest BCUT2D eigenvalue weighted by Gasteiger charge is 2.54. The summed E-state index contributed by atoms with van der Waals surface area (Å²) >= 11 is 23.9. The van der Waals surface area contributed by atoms with Gasteiger partial charge >= 0.3 is 5.97 Å². The fourth-order valence-electron chi connectivity index (χ4n) is 2.01. The minimum absolute atomic E-state index is 0.0775. The van der Waals surface area contributed by atoms with Crippen LogP contribution in [0.25, 0.3) is 0 Å². The summed E-state index contributed by atoms with van der Waals surface area (Å²) in [6, 6.07) is -0.691. The molecule has 2 amide bonds. The summed E-state index contributed by atoms with van der Waals surface area (Å²) in [5.74, 6) is -1.31. The van der Waals surface area contributed by atoms with Gasteiger partial charge in [0.25, 0.3) is 5.91 Å². The molecule has 2 heterocycles. The van der Waals surface area contributed by atoms with E-state index in [0.717, 1.165) is 0 Å². The first-order valence-electron chi connectivity index (χ1n) is 5.96. The van der Waals surface area contributed by atoms with Crippen LogP contribution in [0.2, 0.25) is 0 Å². The predicted molar refractivity (Wildman–Crippen MR) is 84.8 cm³/mol. The lowest BCUT2D eigenvalue weighted by molar-refractivity contribution is -0.152. The molecular formula is C11H10Cl4N2O4S. The zero-order valence-corrected chi connectivity index (χ0v) is 14.9. The predicted octanol–water partition coefficient (Wildman–Crippen LogP) is 1.77. The van der Waals surface area contributed by atoms with Crippen molar-refractivity contribution in [1.29, 1.82) is 0 Å². The maximum absolute atomic E-state index is 12.1. The van der Waals surface area contributed by atoms with Crippen LogP contribution in [0, 0.1) is 0 Å². The van der Waals surface area contributed by atoms with Gasteiger partial charge in [0.2, 0.25) is 9.70 Å². The van der Waals surface area contributed by atoms with E-state index in [0.29, 0.717) is 5.75 Å². The summed E-state index contributed by atoms with van der Waals surface area (Å²) in [5, 5.41) is 2.29. The molecule has 1 unspecified atom stereocenters. The Labute approximate surface area is 150 Å². The van der Waals surface area contributed by atoms with Crippen LogP contribution in [-0.4, -0.2) is 50.3 Å². The van der Waals surface area contributed by atoms with Gasteiger partial charge < -0.3 is 10.1 Å². The summed E-state index contributed by atoms with van der Waals surface area (Å²) in [6.07, 6.45) is 0. The fraction of sp³-hybridized carbons (Fsp3) is 0.545. The summed E-state index contributed by atoms with van der Waals surface area (Å²) in [4.78, 5) is 36.5. The zero-order valence-electron chi connectivity index (χ0n) is 11.1. The number of nitrogens with one attached hydrogen (secondary N) is 1. The second kappa shape index (κ2) is 6.65. The van der Waals surface area contributed by atoms with Crippen molar-refractivity contribution in [2.45, 2.75) is 22.1 Å². The number of carbonyl (C=O) groups excluding carboxylic acids is 3. The summed E-state index contributed by atoms with van der Waals surface area (Å²) in [6.45, 7) is 0.835. The van der Waals surface area contributed by atoms with Crippen LogP contribution in [0.5, 0.6) is 0 Å². The summed E-state index contributed by atoms with van der Waals surface area (Å²) in [5.41, 5.74) is -0.0775. The molecule has 2 aliphatic rings. The topological polar surface area (TPSA) is 75.7 Å². The Balaban J connectivity index is 2.12. The van der Waals surface area contributed by atoms with E-state index in [1.807, 2.05) is 0 Å². The van der Waals surface area contributed by atoms with Crippen molar-refractivity contribution in [2.75, 3.05) is 12.4 Å². The number of nitrogens with zero attached hydrogens (tertiary/aromatic N) is 1. The molecule has 122 valence electrons. The number of thioether (sulfide) groups is 1. The first-order valence-corrected chi connectivity index (χ1v) is 8.52. The summed E-state index contributed by atoms with van der Waals surface area (Å²) in [7, 11) is 0. The maximum atomic E-state index is 12.1. The van der Waals surface area contributed by atoms with Crippen molar-refractivity contribution in [3.63, 3.8) is 0 Å². The molecule has 0 aromatic carbocycles. The summed E-state index contributed by atoms with van der Waals surface area (Å²) < 4.78 is 3.11. The second-order valence-electron chi connectivity index (χ2n) is 4.53. The van der Waals surface area contributed by atoms with Gasteiger partial charge in [0.05, 0.1) is 5.03 Å². The number of β-lactam (4-membered cyclic amide) rings is 1. The smallest absolute Gasteiger partial charge is 0.356 e. The van der Waals surface area contributed by atoms with E-state index in [4.69, 9.17) is 51.1 Å². The van der Waals surface area contributed by atoms with Gasteiger partial charge in [0.15, 0.2) is 0 Å². The molecule has 0 aromatic heterocycles. The first kappa shape index (κ1) is 18.0. The molecule has 2 aliphatic heterocycles. The molecule has 1 saturated heterocycles.